The van der Waals surface area contributed by atoms with Gasteiger partial charge in [0.25, 0.3) is 9.84 Å². The van der Waals surface area contributed by atoms with Crippen LogP contribution in [0.2, 0.25) is 0 Å². The molecular formula is C17H9F11O4S2. The number of hydrogen-bond acceptors (Lipinski definition) is 4. The second kappa shape index (κ2) is 8.20. The van der Waals surface area contributed by atoms with Gasteiger partial charge in [0.05, 0.1) is 16.4 Å². The van der Waals surface area contributed by atoms with E-state index in [0.29, 0.717) is 0 Å². The van der Waals surface area contributed by atoms with Crippen LogP contribution < -0.4 is 0 Å². The minimum Gasteiger partial charge on any atom is -0.247 e. The summed E-state index contributed by atoms with van der Waals surface area (Å²) in [6.07, 6.45) is -8.54. The summed E-state index contributed by atoms with van der Waals surface area (Å²) in [7, 11) is -13.3. The van der Waals surface area contributed by atoms with Crippen LogP contribution in [0.25, 0.3) is 5.83 Å². The number of halogens is 11. The molecule has 1 aromatic rings. The largest absolute Gasteiger partial charge is 0.502 e. The van der Waals surface area contributed by atoms with Crippen LogP contribution in [0.3, 0.4) is 0 Å². The molecular weight excluding hydrogens is 541 g/mol. The first kappa shape index (κ1) is 26.4. The molecule has 2 aliphatic rings. The van der Waals surface area contributed by atoms with E-state index in [2.05, 4.69) is 0 Å². The highest BCUT2D eigenvalue weighted by molar-refractivity contribution is 8.15. The molecule has 0 spiro atoms. The molecule has 2 aliphatic carbocycles. The third-order valence-electron chi connectivity index (χ3n) is 5.25. The lowest BCUT2D eigenvalue weighted by atomic mass is 9.89. The van der Waals surface area contributed by atoms with Crippen molar-refractivity contribution < 1.29 is 65.1 Å². The number of benzene rings is 1. The van der Waals surface area contributed by atoms with E-state index < -0.39 is 118 Å². The fourth-order valence-electron chi connectivity index (χ4n) is 3.65. The summed E-state index contributed by atoms with van der Waals surface area (Å²) in [6.45, 7) is 0. The SMILES string of the molecule is O=S(=O)(C(=C1C(F)=C(F)c2c(F)c(F)c(F)c(F)c2C1F)S(=O)(=O)C(F)(F)F)C1CCC(F)C1. The van der Waals surface area contributed by atoms with Crippen LogP contribution in [0.15, 0.2) is 15.6 Å². The molecule has 0 bridgehead atoms. The Balaban J connectivity index is 2.52. The van der Waals surface area contributed by atoms with Crippen LogP contribution in [-0.2, 0) is 19.7 Å². The molecule has 0 radical (unpaired) electrons. The third kappa shape index (κ3) is 3.70. The van der Waals surface area contributed by atoms with Gasteiger partial charge in [0.2, 0.25) is 0 Å². The Bertz CT molecular complexity index is 1340. The zero-order valence-corrected chi connectivity index (χ0v) is 17.6. The highest BCUT2D eigenvalue weighted by atomic mass is 32.3. The van der Waals surface area contributed by atoms with Gasteiger partial charge in [-0.1, -0.05) is 0 Å². The molecule has 1 aromatic carbocycles. The molecule has 0 aliphatic heterocycles. The Morgan fingerprint density at radius 2 is 1.29 bits per heavy atom. The van der Waals surface area contributed by atoms with Gasteiger partial charge >= 0.3 is 5.51 Å². The summed E-state index contributed by atoms with van der Waals surface area (Å²) in [5.74, 6) is -17.0. The molecule has 0 N–H and O–H groups in total. The number of allylic oxidation sites excluding steroid dienone is 2. The molecule has 190 valence electrons. The lowest BCUT2D eigenvalue weighted by molar-refractivity contribution is -0.0425. The number of fused-ring (bicyclic) bond motifs is 1. The molecule has 3 atom stereocenters. The Morgan fingerprint density at radius 1 is 0.765 bits per heavy atom. The van der Waals surface area contributed by atoms with Crippen molar-refractivity contribution in [3.8, 4) is 0 Å². The third-order valence-corrected chi connectivity index (χ3v) is 9.96. The smallest absolute Gasteiger partial charge is 0.247 e. The Hall–Kier alpha value is -2.17. The molecule has 34 heavy (non-hydrogen) atoms. The van der Waals surface area contributed by atoms with E-state index in [1.165, 1.54) is 0 Å². The molecule has 1 saturated carbocycles. The van der Waals surface area contributed by atoms with Gasteiger partial charge in [-0.25, -0.2) is 52.0 Å². The molecule has 0 amide bonds. The first-order valence-corrected chi connectivity index (χ1v) is 11.9. The molecule has 0 heterocycles. The van der Waals surface area contributed by atoms with E-state index in [1.807, 2.05) is 0 Å². The predicted octanol–water partition coefficient (Wildman–Crippen LogP) is 5.33. The van der Waals surface area contributed by atoms with E-state index in [0.717, 1.165) is 0 Å². The van der Waals surface area contributed by atoms with Crippen LogP contribution in [-0.4, -0.2) is 33.8 Å². The maximum Gasteiger partial charge on any atom is 0.502 e. The first-order chi connectivity index (χ1) is 15.4. The molecule has 1 fully saturated rings. The summed E-state index contributed by atoms with van der Waals surface area (Å²) >= 11 is 0. The highest BCUT2D eigenvalue weighted by Crippen LogP contribution is 2.52. The maximum atomic E-state index is 15.1. The van der Waals surface area contributed by atoms with Crippen molar-refractivity contribution >= 4 is 25.5 Å². The number of sulfone groups is 2. The van der Waals surface area contributed by atoms with Crippen LogP contribution in [0, 0.1) is 23.3 Å². The van der Waals surface area contributed by atoms with Crippen molar-refractivity contribution in [2.75, 3.05) is 0 Å². The van der Waals surface area contributed by atoms with Gasteiger partial charge in [-0.3, -0.25) is 0 Å². The summed E-state index contributed by atoms with van der Waals surface area (Å²) in [4.78, 5) is 0. The predicted molar refractivity (Wildman–Crippen MR) is 92.7 cm³/mol. The van der Waals surface area contributed by atoms with Crippen molar-refractivity contribution in [1.82, 2.24) is 0 Å². The van der Waals surface area contributed by atoms with Gasteiger partial charge in [0.1, 0.15) is 6.17 Å². The normalized spacial score (nSPS) is 25.6. The van der Waals surface area contributed by atoms with Crippen molar-refractivity contribution in [3.05, 3.63) is 50.0 Å². The fourth-order valence-corrected chi connectivity index (χ4v) is 7.97. The average Bonchev–Trinajstić information content (AvgIpc) is 3.16. The number of alkyl halides is 5. The minimum absolute atomic E-state index is 0.600. The van der Waals surface area contributed by atoms with E-state index in [1.54, 1.807) is 0 Å². The second-order valence-corrected chi connectivity index (χ2v) is 11.6. The minimum atomic E-state index is -7.28. The fraction of sp³-hybridized carbons (Fsp3) is 0.412. The van der Waals surface area contributed by atoms with Crippen molar-refractivity contribution in [3.63, 3.8) is 0 Å². The lowest BCUT2D eigenvalue weighted by Crippen LogP contribution is -2.35. The van der Waals surface area contributed by atoms with Crippen LogP contribution in [0.4, 0.5) is 48.3 Å². The summed E-state index contributed by atoms with van der Waals surface area (Å²) in [5, 5.41) is -2.28. The average molecular weight is 550 g/mol. The van der Waals surface area contributed by atoms with Gasteiger partial charge in [0.15, 0.2) is 55.2 Å². The maximum absolute atomic E-state index is 15.1. The zero-order chi connectivity index (χ0) is 26.1. The quantitative estimate of drug-likeness (QED) is 0.290. The van der Waals surface area contributed by atoms with Crippen molar-refractivity contribution in [1.29, 1.82) is 0 Å². The van der Waals surface area contributed by atoms with E-state index in [4.69, 9.17) is 0 Å². The van der Waals surface area contributed by atoms with Crippen molar-refractivity contribution in [2.24, 2.45) is 0 Å². The van der Waals surface area contributed by atoms with Gasteiger partial charge < -0.3 is 0 Å². The Labute approximate surface area is 183 Å². The number of rotatable bonds is 3. The Kier molecular flexibility index (Phi) is 6.38. The van der Waals surface area contributed by atoms with Gasteiger partial charge in [-0.15, -0.1) is 0 Å². The summed E-state index contributed by atoms with van der Waals surface area (Å²) in [5.41, 5.74) is -13.9. The van der Waals surface area contributed by atoms with E-state index in [-0.39, 0.29) is 0 Å². The summed E-state index contributed by atoms with van der Waals surface area (Å²) in [6, 6.07) is 0. The van der Waals surface area contributed by atoms with Gasteiger partial charge in [-0.05, 0) is 19.3 Å². The zero-order valence-electron chi connectivity index (χ0n) is 16.0. The second-order valence-electron chi connectivity index (χ2n) is 7.26. The van der Waals surface area contributed by atoms with Gasteiger partial charge in [0, 0.05) is 5.56 Å². The van der Waals surface area contributed by atoms with Crippen molar-refractivity contribution in [2.45, 2.75) is 42.4 Å². The summed E-state index contributed by atoms with van der Waals surface area (Å²) < 4.78 is 199. The van der Waals surface area contributed by atoms with E-state index in [9.17, 15) is 60.7 Å². The van der Waals surface area contributed by atoms with E-state index >= 15 is 4.39 Å². The van der Waals surface area contributed by atoms with Crippen LogP contribution in [0.5, 0.6) is 0 Å². The number of hydrogen-bond donors (Lipinski definition) is 0. The molecule has 3 rings (SSSR count). The molecule has 17 heteroatoms. The lowest BCUT2D eigenvalue weighted by Gasteiger charge is -2.26. The van der Waals surface area contributed by atoms with Gasteiger partial charge in [-0.2, -0.15) is 13.2 Å². The highest BCUT2D eigenvalue weighted by Gasteiger charge is 2.58. The van der Waals surface area contributed by atoms with Crippen LogP contribution >= 0.6 is 0 Å². The first-order valence-electron chi connectivity index (χ1n) is 8.86. The molecule has 0 aromatic heterocycles. The van der Waals surface area contributed by atoms with Crippen LogP contribution in [0.1, 0.15) is 36.6 Å². The topological polar surface area (TPSA) is 68.3 Å². The Morgan fingerprint density at radius 3 is 1.76 bits per heavy atom. The standard InChI is InChI=1S/C17H9F11O4S2/c18-4-1-2-5(3-4)33(29,30)16(34(31,32)17(26,27)28)8-9(19)6-7(10(20)13(8)23)12(22)15(25)14(24)11(6)21/h4-5,9H,1-3H2. The molecule has 4 nitrogen and oxygen atoms in total. The molecule has 3 unspecified atom stereocenters. The molecule has 0 saturated heterocycles. The monoisotopic (exact) mass is 550 g/mol.